The second-order valence-corrected chi connectivity index (χ2v) is 4.54. The van der Waals surface area contributed by atoms with Crippen LogP contribution in [0.4, 0.5) is 0 Å². The summed E-state index contributed by atoms with van der Waals surface area (Å²) in [4.78, 5) is 13.8. The predicted molar refractivity (Wildman–Crippen MR) is 64.0 cm³/mol. The van der Waals surface area contributed by atoms with Crippen LogP contribution in [0.2, 0.25) is 0 Å². The van der Waals surface area contributed by atoms with E-state index < -0.39 is 0 Å². The molecule has 92 valence electrons. The summed E-state index contributed by atoms with van der Waals surface area (Å²) in [5.74, 6) is -0.134. The zero-order valence-electron chi connectivity index (χ0n) is 9.89. The number of hydrogen-bond donors (Lipinski definition) is 2. The molecule has 1 aliphatic heterocycles. The molecule has 1 aliphatic rings. The van der Waals surface area contributed by atoms with Crippen LogP contribution < -0.4 is 0 Å². The van der Waals surface area contributed by atoms with E-state index in [1.807, 2.05) is 6.92 Å². The molecular weight excluding hydrogens is 218 g/mol. The number of aliphatic hydroxyl groups excluding tert-OH is 1. The third-order valence-electron chi connectivity index (χ3n) is 3.13. The van der Waals surface area contributed by atoms with Crippen molar-refractivity contribution in [3.05, 3.63) is 29.3 Å². The van der Waals surface area contributed by atoms with Crippen LogP contribution in [0.1, 0.15) is 28.8 Å². The molecule has 1 aromatic rings. The molecule has 0 aliphatic carbocycles. The second-order valence-electron chi connectivity index (χ2n) is 4.54. The zero-order valence-corrected chi connectivity index (χ0v) is 9.89. The summed E-state index contributed by atoms with van der Waals surface area (Å²) in [5.41, 5.74) is 1.30. The van der Waals surface area contributed by atoms with Crippen LogP contribution in [0.15, 0.2) is 18.2 Å². The number of hydrogen-bond acceptors (Lipinski definition) is 3. The Morgan fingerprint density at radius 3 is 2.65 bits per heavy atom. The number of benzene rings is 1. The van der Waals surface area contributed by atoms with Gasteiger partial charge in [0.05, 0.1) is 11.7 Å². The lowest BCUT2D eigenvalue weighted by molar-refractivity contribution is 0.0544. The number of likely N-dealkylation sites (tertiary alicyclic amines) is 1. The number of carbonyl (C=O) groups excluding carboxylic acids is 1. The molecule has 17 heavy (non-hydrogen) atoms. The average Bonchev–Trinajstić information content (AvgIpc) is 2.32. The molecule has 0 saturated carbocycles. The fourth-order valence-electron chi connectivity index (χ4n) is 2.06. The van der Waals surface area contributed by atoms with Gasteiger partial charge in [0, 0.05) is 13.1 Å². The quantitative estimate of drug-likeness (QED) is 0.771. The van der Waals surface area contributed by atoms with E-state index >= 15 is 0 Å². The van der Waals surface area contributed by atoms with E-state index in [9.17, 15) is 15.0 Å². The van der Waals surface area contributed by atoms with Gasteiger partial charge in [-0.3, -0.25) is 4.79 Å². The van der Waals surface area contributed by atoms with Gasteiger partial charge in [-0.2, -0.15) is 0 Å². The Morgan fingerprint density at radius 1 is 1.35 bits per heavy atom. The van der Waals surface area contributed by atoms with Crippen molar-refractivity contribution >= 4 is 5.91 Å². The molecule has 4 nitrogen and oxygen atoms in total. The summed E-state index contributed by atoms with van der Waals surface area (Å²) in [6.07, 6.45) is 0.918. The fourth-order valence-corrected chi connectivity index (χ4v) is 2.06. The molecule has 4 heteroatoms. The fraction of sp³-hybridized carbons (Fsp3) is 0.462. The van der Waals surface area contributed by atoms with Gasteiger partial charge < -0.3 is 15.1 Å². The molecule has 1 aromatic carbocycles. The third kappa shape index (κ3) is 2.58. The topological polar surface area (TPSA) is 60.8 Å². The number of aromatic hydroxyl groups is 1. The lowest BCUT2D eigenvalue weighted by Crippen LogP contribution is -2.40. The van der Waals surface area contributed by atoms with Gasteiger partial charge in [-0.25, -0.2) is 0 Å². The van der Waals surface area contributed by atoms with Crippen molar-refractivity contribution in [2.75, 3.05) is 13.1 Å². The van der Waals surface area contributed by atoms with Crippen LogP contribution in [0.25, 0.3) is 0 Å². The Kier molecular flexibility index (Phi) is 3.33. The summed E-state index contributed by atoms with van der Waals surface area (Å²) in [7, 11) is 0. The smallest absolute Gasteiger partial charge is 0.257 e. The largest absolute Gasteiger partial charge is 0.507 e. The van der Waals surface area contributed by atoms with Gasteiger partial charge in [0.25, 0.3) is 5.91 Å². The maximum atomic E-state index is 12.2. The minimum absolute atomic E-state index is 0.0201. The number of rotatable bonds is 1. The van der Waals surface area contributed by atoms with Crippen molar-refractivity contribution in [3.8, 4) is 5.75 Å². The first kappa shape index (κ1) is 11.9. The third-order valence-corrected chi connectivity index (χ3v) is 3.13. The van der Waals surface area contributed by atoms with Gasteiger partial charge in [-0.15, -0.1) is 0 Å². The summed E-state index contributed by atoms with van der Waals surface area (Å²) in [6, 6.07) is 5.01. The van der Waals surface area contributed by atoms with Crippen LogP contribution in [0.5, 0.6) is 5.75 Å². The van der Waals surface area contributed by atoms with E-state index in [2.05, 4.69) is 0 Å². The highest BCUT2D eigenvalue weighted by Crippen LogP contribution is 2.22. The Hall–Kier alpha value is -1.55. The van der Waals surface area contributed by atoms with E-state index in [0.717, 1.165) is 5.56 Å². The van der Waals surface area contributed by atoms with Crippen molar-refractivity contribution in [2.24, 2.45) is 0 Å². The average molecular weight is 235 g/mol. The van der Waals surface area contributed by atoms with Gasteiger partial charge in [-0.1, -0.05) is 11.6 Å². The molecule has 1 fully saturated rings. The molecular formula is C13H17NO3. The molecule has 0 aromatic heterocycles. The monoisotopic (exact) mass is 235 g/mol. The molecule has 0 bridgehead atoms. The molecule has 0 unspecified atom stereocenters. The van der Waals surface area contributed by atoms with E-state index in [0.29, 0.717) is 31.5 Å². The first-order valence-corrected chi connectivity index (χ1v) is 5.85. The number of phenolic OH excluding ortho intramolecular Hbond substituents is 1. The number of carbonyl (C=O) groups is 1. The van der Waals surface area contributed by atoms with Crippen molar-refractivity contribution < 1.29 is 15.0 Å². The highest BCUT2D eigenvalue weighted by atomic mass is 16.3. The molecule has 0 spiro atoms. The Bertz CT molecular complexity index is 423. The molecule has 0 atom stereocenters. The number of aryl methyl sites for hydroxylation is 1. The summed E-state index contributed by atoms with van der Waals surface area (Å²) in [6.45, 7) is 2.98. The summed E-state index contributed by atoms with van der Waals surface area (Å²) >= 11 is 0. The van der Waals surface area contributed by atoms with Crippen molar-refractivity contribution in [2.45, 2.75) is 25.9 Å². The number of amides is 1. The maximum Gasteiger partial charge on any atom is 0.257 e. The lowest BCUT2D eigenvalue weighted by Gasteiger charge is -2.29. The Morgan fingerprint density at radius 2 is 2.00 bits per heavy atom. The van der Waals surface area contributed by atoms with Crippen LogP contribution in [-0.4, -0.2) is 40.2 Å². The lowest BCUT2D eigenvalue weighted by atomic mass is 10.0. The SMILES string of the molecule is Cc1ccc(O)c(C(=O)N2CCC(O)CC2)c1. The van der Waals surface area contributed by atoms with Crippen LogP contribution in [0, 0.1) is 6.92 Å². The Labute approximate surface area is 100 Å². The standard InChI is InChI=1S/C13H17NO3/c1-9-2-3-12(16)11(8-9)13(17)14-6-4-10(15)5-7-14/h2-3,8,10,15-16H,4-7H2,1H3. The molecule has 1 saturated heterocycles. The van der Waals surface area contributed by atoms with Crippen molar-refractivity contribution in [1.29, 1.82) is 0 Å². The summed E-state index contributed by atoms with van der Waals surface area (Å²) in [5, 5.41) is 19.1. The van der Waals surface area contributed by atoms with Crippen LogP contribution in [-0.2, 0) is 0 Å². The van der Waals surface area contributed by atoms with Gasteiger partial charge in [-0.05, 0) is 31.9 Å². The molecule has 1 amide bonds. The normalized spacial score (nSPS) is 17.2. The zero-order chi connectivity index (χ0) is 12.4. The first-order chi connectivity index (χ1) is 8.08. The number of phenols is 1. The molecule has 2 rings (SSSR count). The van der Waals surface area contributed by atoms with Gasteiger partial charge in [0.2, 0.25) is 0 Å². The molecule has 1 heterocycles. The van der Waals surface area contributed by atoms with E-state index in [4.69, 9.17) is 0 Å². The predicted octanol–water partition coefficient (Wildman–Crippen LogP) is 1.30. The number of aliphatic hydroxyl groups is 1. The highest BCUT2D eigenvalue weighted by molar-refractivity contribution is 5.97. The van der Waals surface area contributed by atoms with Crippen LogP contribution >= 0.6 is 0 Å². The van der Waals surface area contributed by atoms with Crippen molar-refractivity contribution in [1.82, 2.24) is 4.90 Å². The van der Waals surface area contributed by atoms with E-state index in [1.54, 1.807) is 23.1 Å². The second kappa shape index (κ2) is 4.75. The minimum atomic E-state index is -0.301. The van der Waals surface area contributed by atoms with E-state index in [1.165, 1.54) is 0 Å². The van der Waals surface area contributed by atoms with E-state index in [-0.39, 0.29) is 17.8 Å². The highest BCUT2D eigenvalue weighted by Gasteiger charge is 2.23. The van der Waals surface area contributed by atoms with Crippen molar-refractivity contribution in [3.63, 3.8) is 0 Å². The minimum Gasteiger partial charge on any atom is -0.507 e. The van der Waals surface area contributed by atoms with Crippen LogP contribution in [0.3, 0.4) is 0 Å². The number of nitrogens with zero attached hydrogens (tertiary/aromatic N) is 1. The number of piperidine rings is 1. The van der Waals surface area contributed by atoms with Gasteiger partial charge in [0.15, 0.2) is 0 Å². The molecule has 0 radical (unpaired) electrons. The maximum absolute atomic E-state index is 12.2. The molecule has 2 N–H and O–H groups in total. The van der Waals surface area contributed by atoms with Gasteiger partial charge >= 0.3 is 0 Å². The Balaban J connectivity index is 2.16. The first-order valence-electron chi connectivity index (χ1n) is 5.85. The van der Waals surface area contributed by atoms with Gasteiger partial charge in [0.1, 0.15) is 5.75 Å². The summed E-state index contributed by atoms with van der Waals surface area (Å²) < 4.78 is 0.